The van der Waals surface area contributed by atoms with Gasteiger partial charge in [-0.05, 0) is 68.2 Å². The van der Waals surface area contributed by atoms with Crippen molar-refractivity contribution in [3.05, 3.63) is 44.9 Å². The van der Waals surface area contributed by atoms with E-state index in [2.05, 4.69) is 4.98 Å². The number of carboxylic acids is 1. The van der Waals surface area contributed by atoms with Crippen LogP contribution in [-0.4, -0.2) is 40.0 Å². The van der Waals surface area contributed by atoms with Crippen LogP contribution >= 0.6 is 22.9 Å². The first-order valence-electron chi connectivity index (χ1n) is 10.8. The predicted molar refractivity (Wildman–Crippen MR) is 117 cm³/mol. The van der Waals surface area contributed by atoms with Crippen LogP contribution in [0.4, 0.5) is 0 Å². The molecule has 166 valence electrons. The third kappa shape index (κ3) is 4.09. The van der Waals surface area contributed by atoms with E-state index in [4.69, 9.17) is 26.2 Å². The van der Waals surface area contributed by atoms with Gasteiger partial charge in [-0.1, -0.05) is 11.6 Å². The van der Waals surface area contributed by atoms with Gasteiger partial charge in [0.15, 0.2) is 5.69 Å². The zero-order chi connectivity index (χ0) is 21.8. The largest absolute Gasteiger partial charge is 0.493 e. The zero-order valence-corrected chi connectivity index (χ0v) is 18.9. The quantitative estimate of drug-likeness (QED) is 0.637. The molecule has 31 heavy (non-hydrogen) atoms. The van der Waals surface area contributed by atoms with Gasteiger partial charge in [-0.2, -0.15) is 0 Å². The van der Waals surface area contributed by atoms with Crippen molar-refractivity contribution in [1.29, 1.82) is 0 Å². The number of nitrogens with zero attached hydrogens (tertiary/aromatic N) is 1. The third-order valence-electron chi connectivity index (χ3n) is 6.96. The van der Waals surface area contributed by atoms with E-state index in [9.17, 15) is 9.90 Å². The van der Waals surface area contributed by atoms with Gasteiger partial charge in [-0.3, -0.25) is 0 Å². The molecule has 2 N–H and O–H groups in total. The Morgan fingerprint density at radius 1 is 1.39 bits per heavy atom. The summed E-state index contributed by atoms with van der Waals surface area (Å²) in [7, 11) is 0. The Labute approximate surface area is 190 Å². The molecular formula is C23H26ClNO5S. The lowest BCUT2D eigenvalue weighted by molar-refractivity contribution is -0.145. The van der Waals surface area contributed by atoms with Crippen LogP contribution in [0, 0.1) is 11.8 Å². The van der Waals surface area contributed by atoms with Gasteiger partial charge in [0.25, 0.3) is 0 Å². The molecule has 0 spiro atoms. The first-order valence-corrected chi connectivity index (χ1v) is 12.1. The van der Waals surface area contributed by atoms with Crippen LogP contribution in [0.1, 0.15) is 66.0 Å². The molecular weight excluding hydrogens is 438 g/mol. The van der Waals surface area contributed by atoms with E-state index in [1.165, 1.54) is 24.2 Å². The number of halogens is 1. The average molecular weight is 464 g/mol. The Kier molecular flexibility index (Phi) is 5.49. The van der Waals surface area contributed by atoms with Crippen molar-refractivity contribution in [2.24, 2.45) is 11.8 Å². The number of thiazole rings is 1. The summed E-state index contributed by atoms with van der Waals surface area (Å²) in [5, 5.41) is 22.9. The number of fused-ring (bicyclic) bond motifs is 1. The smallest absolute Gasteiger partial charge is 0.355 e. The zero-order valence-electron chi connectivity index (χ0n) is 17.3. The molecule has 5 atom stereocenters. The Hall–Kier alpha value is -1.67. The molecule has 1 aromatic heterocycles. The van der Waals surface area contributed by atoms with Crippen LogP contribution in [-0.2, 0) is 10.3 Å². The van der Waals surface area contributed by atoms with Crippen molar-refractivity contribution in [2.45, 2.75) is 62.8 Å². The van der Waals surface area contributed by atoms with Crippen molar-refractivity contribution in [1.82, 2.24) is 4.98 Å². The molecule has 8 heteroatoms. The molecule has 0 radical (unpaired) electrons. The van der Waals surface area contributed by atoms with Crippen LogP contribution in [0.25, 0.3) is 0 Å². The monoisotopic (exact) mass is 463 g/mol. The molecule has 1 aromatic carbocycles. The van der Waals surface area contributed by atoms with Gasteiger partial charge < -0.3 is 19.7 Å². The molecule has 2 aromatic rings. The minimum Gasteiger partial charge on any atom is -0.493 e. The van der Waals surface area contributed by atoms with Crippen LogP contribution < -0.4 is 4.74 Å². The Morgan fingerprint density at radius 2 is 2.19 bits per heavy atom. The first-order chi connectivity index (χ1) is 14.8. The van der Waals surface area contributed by atoms with Crippen molar-refractivity contribution in [3.8, 4) is 5.75 Å². The lowest BCUT2D eigenvalue weighted by Gasteiger charge is -2.40. The highest BCUT2D eigenvalue weighted by molar-refractivity contribution is 7.10. The summed E-state index contributed by atoms with van der Waals surface area (Å²) < 4.78 is 12.5. The lowest BCUT2D eigenvalue weighted by Crippen LogP contribution is -2.41. The Bertz CT molecular complexity index is 992. The van der Waals surface area contributed by atoms with Gasteiger partial charge in [-0.15, -0.1) is 11.3 Å². The molecule has 1 aliphatic heterocycles. The first kappa shape index (κ1) is 21.2. The molecule has 1 saturated heterocycles. The van der Waals surface area contributed by atoms with E-state index in [-0.39, 0.29) is 23.6 Å². The number of carboxylic acid groups (broad SMARTS) is 1. The Morgan fingerprint density at radius 3 is 2.90 bits per heavy atom. The van der Waals surface area contributed by atoms with Crippen molar-refractivity contribution in [3.63, 3.8) is 0 Å². The molecule has 2 aliphatic carbocycles. The number of carbonyl (C=O) groups is 1. The van der Waals surface area contributed by atoms with Gasteiger partial charge in [0.1, 0.15) is 16.4 Å². The highest BCUT2D eigenvalue weighted by Crippen LogP contribution is 2.49. The number of aliphatic hydroxyl groups is 1. The average Bonchev–Trinajstić information content (AvgIpc) is 3.35. The number of benzene rings is 1. The van der Waals surface area contributed by atoms with Gasteiger partial charge >= 0.3 is 5.97 Å². The molecule has 2 saturated carbocycles. The SMILES string of the molecule is C[C@]1(c2nc(C(=O)O)cs2)CC[C@@H]2C(COc3ccc(Cl)c(C4CC4)c3)[C@H](O)C[C@@H]2O1. The van der Waals surface area contributed by atoms with E-state index in [0.29, 0.717) is 24.0 Å². The molecule has 1 unspecified atom stereocenters. The van der Waals surface area contributed by atoms with Crippen molar-refractivity contribution in [2.75, 3.05) is 6.61 Å². The maximum atomic E-state index is 11.2. The fraction of sp³-hybridized carbons (Fsp3) is 0.565. The number of ether oxygens (including phenoxy) is 2. The summed E-state index contributed by atoms with van der Waals surface area (Å²) >= 11 is 7.64. The fourth-order valence-electron chi connectivity index (χ4n) is 5.04. The summed E-state index contributed by atoms with van der Waals surface area (Å²) in [4.78, 5) is 15.5. The second-order valence-corrected chi connectivity index (χ2v) is 10.4. The summed E-state index contributed by atoms with van der Waals surface area (Å²) in [6.45, 7) is 2.41. The fourth-order valence-corrected chi connectivity index (χ4v) is 6.24. The summed E-state index contributed by atoms with van der Waals surface area (Å²) in [5.41, 5.74) is 0.591. The minimum absolute atomic E-state index is 0.000443. The number of aliphatic hydroxyl groups excluding tert-OH is 1. The number of aromatic carboxylic acids is 1. The van der Waals surface area contributed by atoms with Crippen molar-refractivity contribution < 1.29 is 24.5 Å². The van der Waals surface area contributed by atoms with Gasteiger partial charge in [0, 0.05) is 22.7 Å². The summed E-state index contributed by atoms with van der Waals surface area (Å²) in [5.74, 6) is 0.528. The summed E-state index contributed by atoms with van der Waals surface area (Å²) in [6, 6.07) is 5.83. The van der Waals surface area contributed by atoms with Gasteiger partial charge in [0.05, 0.1) is 18.8 Å². The lowest BCUT2D eigenvalue weighted by atomic mass is 9.83. The van der Waals surface area contributed by atoms with E-state index in [1.54, 1.807) is 5.38 Å². The molecule has 5 rings (SSSR count). The third-order valence-corrected chi connectivity index (χ3v) is 8.40. The normalized spacial score (nSPS) is 32.6. The van der Waals surface area contributed by atoms with Crippen LogP contribution in [0.2, 0.25) is 5.02 Å². The van der Waals surface area contributed by atoms with Crippen LogP contribution in [0.15, 0.2) is 23.6 Å². The molecule has 3 aliphatic rings. The van der Waals surface area contributed by atoms with Gasteiger partial charge in [-0.25, -0.2) is 9.78 Å². The molecule has 0 amide bonds. The molecule has 2 heterocycles. The number of hydrogen-bond donors (Lipinski definition) is 2. The molecule has 0 bridgehead atoms. The molecule has 6 nitrogen and oxygen atoms in total. The standard InChI is InChI=1S/C23H26ClNO5S/c1-23(22-25-18(11-31-22)21(27)28)7-6-14-16(19(26)9-20(14)30-23)10-29-13-4-5-17(24)15(8-13)12-2-3-12/h4-5,8,11-12,14,16,19-20,26H,2-3,6-7,9-10H2,1H3,(H,27,28)/t14-,16?,19-,20+,23-/m1/s1. The van der Waals surface area contributed by atoms with E-state index in [1.807, 2.05) is 25.1 Å². The molecule has 3 fully saturated rings. The van der Waals surface area contributed by atoms with E-state index in [0.717, 1.165) is 29.2 Å². The van der Waals surface area contributed by atoms with Crippen LogP contribution in [0.5, 0.6) is 5.75 Å². The minimum atomic E-state index is -1.03. The maximum Gasteiger partial charge on any atom is 0.355 e. The second-order valence-electron chi connectivity index (χ2n) is 9.17. The number of hydrogen-bond acceptors (Lipinski definition) is 6. The van der Waals surface area contributed by atoms with Crippen LogP contribution in [0.3, 0.4) is 0 Å². The maximum absolute atomic E-state index is 11.2. The van der Waals surface area contributed by atoms with E-state index >= 15 is 0 Å². The number of rotatable bonds is 6. The van der Waals surface area contributed by atoms with Gasteiger partial charge in [0.2, 0.25) is 0 Å². The predicted octanol–water partition coefficient (Wildman–Crippen LogP) is 4.84. The highest BCUT2D eigenvalue weighted by Gasteiger charge is 2.51. The summed E-state index contributed by atoms with van der Waals surface area (Å²) in [6.07, 6.45) is 3.94. The highest BCUT2D eigenvalue weighted by atomic mass is 35.5. The topological polar surface area (TPSA) is 88.9 Å². The Balaban J connectivity index is 1.25. The van der Waals surface area contributed by atoms with Crippen molar-refractivity contribution >= 4 is 28.9 Å². The van der Waals surface area contributed by atoms with E-state index < -0.39 is 17.7 Å². The second kappa shape index (κ2) is 8.03. The number of aromatic nitrogens is 1.